The third-order valence-electron chi connectivity index (χ3n) is 4.24. The van der Waals surface area contributed by atoms with Crippen LogP contribution in [0.1, 0.15) is 19.8 Å². The van der Waals surface area contributed by atoms with Crippen LogP contribution >= 0.6 is 23.1 Å². The molecule has 0 saturated heterocycles. The number of carbonyl (C=O) groups is 1. The summed E-state index contributed by atoms with van der Waals surface area (Å²) < 4.78 is 0.894. The number of benzene rings is 2. The standard InChI is InChI=1S/C21H19N3OS2/c1-2-9-17-19(20(25)24(23-17)16-12-7-4-8-13-16)27-21-22-18(14-26-21)15-10-5-3-6-11-15/h3-8,10-14,19H,2,9H2,1H3. The first-order chi connectivity index (χ1) is 13.3. The van der Waals surface area contributed by atoms with E-state index in [1.165, 1.54) is 16.8 Å². The zero-order valence-electron chi connectivity index (χ0n) is 14.9. The van der Waals surface area contributed by atoms with Gasteiger partial charge in [-0.25, -0.2) is 4.98 Å². The molecule has 6 heteroatoms. The van der Waals surface area contributed by atoms with Gasteiger partial charge in [-0.2, -0.15) is 10.1 Å². The van der Waals surface area contributed by atoms with Crippen molar-refractivity contribution in [2.24, 2.45) is 5.10 Å². The number of amides is 1. The molecule has 2 heterocycles. The molecule has 1 aromatic heterocycles. The molecule has 0 saturated carbocycles. The lowest BCUT2D eigenvalue weighted by Crippen LogP contribution is -2.29. The van der Waals surface area contributed by atoms with Gasteiger partial charge >= 0.3 is 0 Å². The number of carbonyl (C=O) groups excluding carboxylic acids is 1. The second-order valence-corrected chi connectivity index (χ2v) is 8.40. The van der Waals surface area contributed by atoms with Gasteiger partial charge in [-0.3, -0.25) is 4.79 Å². The summed E-state index contributed by atoms with van der Waals surface area (Å²) in [6.45, 7) is 2.11. The Kier molecular flexibility index (Phi) is 5.36. The summed E-state index contributed by atoms with van der Waals surface area (Å²) in [5, 5.41) is 7.90. The minimum atomic E-state index is -0.306. The Hall–Kier alpha value is -2.44. The van der Waals surface area contributed by atoms with Gasteiger partial charge in [0, 0.05) is 10.9 Å². The molecule has 1 aliphatic rings. The number of thioether (sulfide) groups is 1. The van der Waals surface area contributed by atoms with E-state index < -0.39 is 0 Å². The number of hydrazone groups is 1. The maximum atomic E-state index is 13.0. The van der Waals surface area contributed by atoms with Crippen LogP contribution in [-0.2, 0) is 4.79 Å². The van der Waals surface area contributed by atoms with Crippen LogP contribution in [0.5, 0.6) is 0 Å². The summed E-state index contributed by atoms with van der Waals surface area (Å²) in [7, 11) is 0. The number of para-hydroxylation sites is 1. The van der Waals surface area contributed by atoms with Crippen molar-refractivity contribution in [3.05, 3.63) is 66.0 Å². The van der Waals surface area contributed by atoms with Crippen molar-refractivity contribution >= 4 is 40.4 Å². The molecule has 1 amide bonds. The largest absolute Gasteiger partial charge is 0.271 e. The van der Waals surface area contributed by atoms with E-state index >= 15 is 0 Å². The SMILES string of the molecule is CCCC1=NN(c2ccccc2)C(=O)C1Sc1nc(-c2ccccc2)cs1. The first kappa shape index (κ1) is 17.9. The smallest absolute Gasteiger partial charge is 0.266 e. The van der Waals surface area contributed by atoms with Crippen molar-refractivity contribution in [2.45, 2.75) is 29.4 Å². The van der Waals surface area contributed by atoms with Gasteiger partial charge in [-0.05, 0) is 18.6 Å². The summed E-state index contributed by atoms with van der Waals surface area (Å²) in [4.78, 5) is 17.8. The third kappa shape index (κ3) is 3.82. The first-order valence-corrected chi connectivity index (χ1v) is 10.7. The Morgan fingerprint density at radius 3 is 2.48 bits per heavy atom. The van der Waals surface area contributed by atoms with E-state index in [9.17, 15) is 4.79 Å². The fraction of sp³-hybridized carbons (Fsp3) is 0.190. The van der Waals surface area contributed by atoms with Crippen LogP contribution in [0.25, 0.3) is 11.3 Å². The van der Waals surface area contributed by atoms with Crippen LogP contribution in [0.3, 0.4) is 0 Å². The van der Waals surface area contributed by atoms with Crippen LogP contribution in [-0.4, -0.2) is 21.9 Å². The van der Waals surface area contributed by atoms with Gasteiger partial charge in [-0.1, -0.05) is 73.6 Å². The second-order valence-electron chi connectivity index (χ2n) is 6.19. The zero-order chi connectivity index (χ0) is 18.6. The van der Waals surface area contributed by atoms with E-state index in [-0.39, 0.29) is 11.2 Å². The molecule has 27 heavy (non-hydrogen) atoms. The molecule has 1 unspecified atom stereocenters. The highest BCUT2D eigenvalue weighted by molar-refractivity contribution is 8.03. The molecule has 3 aromatic rings. The van der Waals surface area contributed by atoms with E-state index in [2.05, 4.69) is 12.0 Å². The van der Waals surface area contributed by atoms with Gasteiger partial charge in [0.1, 0.15) is 5.25 Å². The molecule has 1 aliphatic heterocycles. The quantitative estimate of drug-likeness (QED) is 0.557. The number of thiazole rings is 1. The van der Waals surface area contributed by atoms with Crippen molar-refractivity contribution in [3.8, 4) is 11.3 Å². The molecular weight excluding hydrogens is 374 g/mol. The highest BCUT2D eigenvalue weighted by Crippen LogP contribution is 2.36. The van der Waals surface area contributed by atoms with Crippen LogP contribution < -0.4 is 5.01 Å². The van der Waals surface area contributed by atoms with Gasteiger partial charge in [0.15, 0.2) is 4.34 Å². The van der Waals surface area contributed by atoms with Crippen LogP contribution in [0.4, 0.5) is 5.69 Å². The zero-order valence-corrected chi connectivity index (χ0v) is 16.5. The number of nitrogens with zero attached hydrogens (tertiary/aromatic N) is 3. The Bertz CT molecular complexity index is 954. The van der Waals surface area contributed by atoms with Crippen LogP contribution in [0.2, 0.25) is 0 Å². The molecule has 0 fully saturated rings. The molecule has 0 spiro atoms. The summed E-state index contributed by atoms with van der Waals surface area (Å²) in [5.41, 5.74) is 3.77. The van der Waals surface area contributed by atoms with Crippen molar-refractivity contribution in [1.82, 2.24) is 4.98 Å². The maximum Gasteiger partial charge on any atom is 0.266 e. The predicted molar refractivity (Wildman–Crippen MR) is 113 cm³/mol. The number of aromatic nitrogens is 1. The molecule has 1 atom stereocenters. The van der Waals surface area contributed by atoms with Gasteiger partial charge in [0.2, 0.25) is 0 Å². The van der Waals surface area contributed by atoms with E-state index in [1.807, 2.05) is 66.0 Å². The number of anilines is 1. The van der Waals surface area contributed by atoms with Gasteiger partial charge in [-0.15, -0.1) is 11.3 Å². The highest BCUT2D eigenvalue weighted by atomic mass is 32.2. The maximum absolute atomic E-state index is 13.0. The Morgan fingerprint density at radius 1 is 1.07 bits per heavy atom. The average Bonchev–Trinajstić information content (AvgIpc) is 3.30. The van der Waals surface area contributed by atoms with Crippen molar-refractivity contribution in [1.29, 1.82) is 0 Å². The number of rotatable bonds is 6. The second kappa shape index (κ2) is 8.06. The minimum Gasteiger partial charge on any atom is -0.271 e. The molecule has 0 aliphatic carbocycles. The molecule has 0 N–H and O–H groups in total. The van der Waals surface area contributed by atoms with Crippen molar-refractivity contribution in [2.75, 3.05) is 5.01 Å². The Labute approximate surface area is 166 Å². The monoisotopic (exact) mass is 393 g/mol. The van der Waals surface area contributed by atoms with Crippen molar-refractivity contribution < 1.29 is 4.79 Å². The molecular formula is C21H19N3OS2. The van der Waals surface area contributed by atoms with Crippen LogP contribution in [0.15, 0.2) is 75.5 Å². The fourth-order valence-electron chi connectivity index (χ4n) is 2.95. The Balaban J connectivity index is 1.57. The average molecular weight is 394 g/mol. The molecule has 0 bridgehead atoms. The summed E-state index contributed by atoms with van der Waals surface area (Å²) in [6, 6.07) is 19.7. The molecule has 2 aromatic carbocycles. The normalized spacial score (nSPS) is 16.6. The van der Waals surface area contributed by atoms with Crippen LogP contribution in [0, 0.1) is 0 Å². The Morgan fingerprint density at radius 2 is 1.78 bits per heavy atom. The third-order valence-corrected chi connectivity index (χ3v) is 6.46. The van der Waals surface area contributed by atoms with E-state index in [4.69, 9.17) is 4.98 Å². The lowest BCUT2D eigenvalue weighted by molar-refractivity contribution is -0.116. The van der Waals surface area contributed by atoms with Gasteiger partial charge in [0.05, 0.1) is 17.1 Å². The van der Waals surface area contributed by atoms with E-state index in [0.717, 1.165) is 39.8 Å². The topological polar surface area (TPSA) is 45.6 Å². The van der Waals surface area contributed by atoms with E-state index in [0.29, 0.717) is 0 Å². The molecule has 4 rings (SSSR count). The highest BCUT2D eigenvalue weighted by Gasteiger charge is 2.37. The molecule has 136 valence electrons. The summed E-state index contributed by atoms with van der Waals surface area (Å²) in [6.07, 6.45) is 1.77. The molecule has 0 radical (unpaired) electrons. The number of hydrogen-bond donors (Lipinski definition) is 0. The summed E-state index contributed by atoms with van der Waals surface area (Å²) in [5.74, 6) is 0.00566. The first-order valence-electron chi connectivity index (χ1n) is 8.90. The summed E-state index contributed by atoms with van der Waals surface area (Å²) >= 11 is 3.08. The number of hydrogen-bond acceptors (Lipinski definition) is 5. The van der Waals surface area contributed by atoms with E-state index in [1.54, 1.807) is 11.3 Å². The van der Waals surface area contributed by atoms with Gasteiger partial charge < -0.3 is 0 Å². The lowest BCUT2D eigenvalue weighted by atomic mass is 10.1. The van der Waals surface area contributed by atoms with Gasteiger partial charge in [0.25, 0.3) is 5.91 Å². The predicted octanol–water partition coefficient (Wildman–Crippen LogP) is 5.47. The fourth-order valence-corrected chi connectivity index (χ4v) is 5.01. The van der Waals surface area contributed by atoms with Crippen molar-refractivity contribution in [3.63, 3.8) is 0 Å². The lowest BCUT2D eigenvalue weighted by Gasteiger charge is -2.13. The molecule has 4 nitrogen and oxygen atoms in total. The minimum absolute atomic E-state index is 0.00566.